The molecule has 2 aromatic carbocycles. The zero-order valence-electron chi connectivity index (χ0n) is 18.8. The van der Waals surface area contributed by atoms with Crippen LogP contribution in [0.15, 0.2) is 54.6 Å². The molecule has 0 aromatic heterocycles. The first kappa shape index (κ1) is 24.2. The molecule has 0 bridgehead atoms. The van der Waals surface area contributed by atoms with Gasteiger partial charge in [-0.3, -0.25) is 14.6 Å². The van der Waals surface area contributed by atoms with Gasteiger partial charge in [0.1, 0.15) is 0 Å². The van der Waals surface area contributed by atoms with Crippen molar-refractivity contribution in [1.82, 2.24) is 19.0 Å². The van der Waals surface area contributed by atoms with Crippen LogP contribution in [0.25, 0.3) is 0 Å². The molecule has 2 aliphatic rings. The van der Waals surface area contributed by atoms with Crippen LogP contribution in [0.1, 0.15) is 11.1 Å². The number of piperazine rings is 2. The standard InChI is InChI=1S/C24H31ClN4O3S/c25-23-8-6-21(7-9-23)18-26-10-12-27(13-11-26)19-24(30)28-14-16-29(17-15-28)33(31,32)20-22-4-2-1-3-5-22/h1-9H,10-20H2. The molecule has 2 aromatic rings. The summed E-state index contributed by atoms with van der Waals surface area (Å²) in [7, 11) is -3.38. The first-order valence-electron chi connectivity index (χ1n) is 11.4. The minimum absolute atomic E-state index is 0.00207. The first-order chi connectivity index (χ1) is 15.9. The Labute approximate surface area is 201 Å². The van der Waals surface area contributed by atoms with E-state index in [1.54, 1.807) is 4.90 Å². The van der Waals surface area contributed by atoms with Crippen molar-refractivity contribution >= 4 is 27.5 Å². The minimum Gasteiger partial charge on any atom is -0.339 e. The quantitative estimate of drug-likeness (QED) is 0.595. The molecule has 2 saturated heterocycles. The summed E-state index contributed by atoms with van der Waals surface area (Å²) >= 11 is 5.96. The van der Waals surface area contributed by atoms with Gasteiger partial charge in [0.2, 0.25) is 15.9 Å². The Bertz CT molecular complexity index is 1020. The van der Waals surface area contributed by atoms with E-state index in [9.17, 15) is 13.2 Å². The van der Waals surface area contributed by atoms with E-state index in [-0.39, 0.29) is 11.7 Å². The van der Waals surface area contributed by atoms with Crippen molar-refractivity contribution in [3.05, 3.63) is 70.7 Å². The maximum absolute atomic E-state index is 12.8. The van der Waals surface area contributed by atoms with Crippen molar-refractivity contribution in [1.29, 1.82) is 0 Å². The van der Waals surface area contributed by atoms with E-state index in [4.69, 9.17) is 11.6 Å². The molecule has 0 N–H and O–H groups in total. The zero-order valence-corrected chi connectivity index (χ0v) is 20.3. The summed E-state index contributed by atoms with van der Waals surface area (Å²) in [6.45, 7) is 6.43. The first-order valence-corrected chi connectivity index (χ1v) is 13.4. The summed E-state index contributed by atoms with van der Waals surface area (Å²) in [5.41, 5.74) is 2.02. The van der Waals surface area contributed by atoms with E-state index < -0.39 is 10.0 Å². The van der Waals surface area contributed by atoms with Crippen molar-refractivity contribution < 1.29 is 13.2 Å². The predicted molar refractivity (Wildman–Crippen MR) is 130 cm³/mol. The Morgan fingerprint density at radius 3 is 2.00 bits per heavy atom. The molecule has 33 heavy (non-hydrogen) atoms. The smallest absolute Gasteiger partial charge is 0.236 e. The number of hydrogen-bond acceptors (Lipinski definition) is 5. The number of amides is 1. The summed E-state index contributed by atoms with van der Waals surface area (Å²) < 4.78 is 27.0. The lowest BCUT2D eigenvalue weighted by molar-refractivity contribution is -0.134. The number of benzene rings is 2. The highest BCUT2D eigenvalue weighted by Crippen LogP contribution is 2.15. The van der Waals surface area contributed by atoms with Crippen molar-refractivity contribution in [3.63, 3.8) is 0 Å². The second-order valence-corrected chi connectivity index (χ2v) is 11.1. The second-order valence-electron chi connectivity index (χ2n) is 8.70. The molecule has 178 valence electrons. The number of rotatable bonds is 7. The van der Waals surface area contributed by atoms with Crippen LogP contribution in [-0.2, 0) is 27.1 Å². The minimum atomic E-state index is -3.38. The van der Waals surface area contributed by atoms with Crippen LogP contribution in [0.5, 0.6) is 0 Å². The van der Waals surface area contributed by atoms with Gasteiger partial charge in [-0.25, -0.2) is 8.42 Å². The average molecular weight is 491 g/mol. The molecule has 4 rings (SSSR count). The Morgan fingerprint density at radius 1 is 0.758 bits per heavy atom. The van der Waals surface area contributed by atoms with E-state index in [0.29, 0.717) is 32.7 Å². The highest BCUT2D eigenvalue weighted by Gasteiger charge is 2.30. The Morgan fingerprint density at radius 2 is 1.36 bits per heavy atom. The summed E-state index contributed by atoms with van der Waals surface area (Å²) in [6, 6.07) is 17.2. The van der Waals surface area contributed by atoms with Gasteiger partial charge in [0, 0.05) is 63.9 Å². The molecule has 0 unspecified atom stereocenters. The third-order valence-corrected chi connectivity index (χ3v) is 8.42. The van der Waals surface area contributed by atoms with Crippen LogP contribution in [0.4, 0.5) is 0 Å². The van der Waals surface area contributed by atoms with Crippen LogP contribution in [-0.4, -0.2) is 92.2 Å². The average Bonchev–Trinajstić information content (AvgIpc) is 2.82. The van der Waals surface area contributed by atoms with Crippen LogP contribution < -0.4 is 0 Å². The molecular weight excluding hydrogens is 460 g/mol. The lowest BCUT2D eigenvalue weighted by Gasteiger charge is -2.37. The number of hydrogen-bond donors (Lipinski definition) is 0. The zero-order chi connectivity index (χ0) is 23.3. The van der Waals surface area contributed by atoms with Crippen LogP contribution in [0.3, 0.4) is 0 Å². The summed E-state index contributed by atoms with van der Waals surface area (Å²) in [5.74, 6) is 0.0866. The summed E-state index contributed by atoms with van der Waals surface area (Å²) in [5, 5.41) is 0.747. The molecule has 0 saturated carbocycles. The van der Waals surface area contributed by atoms with Crippen molar-refractivity contribution in [2.75, 3.05) is 58.9 Å². The second kappa shape index (κ2) is 11.0. The van der Waals surface area contributed by atoms with Gasteiger partial charge in [0.05, 0.1) is 12.3 Å². The summed E-state index contributed by atoms with van der Waals surface area (Å²) in [4.78, 5) is 19.2. The number of sulfonamides is 1. The molecule has 0 aliphatic carbocycles. The van der Waals surface area contributed by atoms with Gasteiger partial charge in [-0.1, -0.05) is 54.1 Å². The number of carbonyl (C=O) groups is 1. The van der Waals surface area contributed by atoms with Crippen LogP contribution in [0, 0.1) is 0 Å². The molecule has 2 aliphatic heterocycles. The number of nitrogens with zero attached hydrogens (tertiary/aromatic N) is 4. The topological polar surface area (TPSA) is 64.2 Å². The molecule has 7 nitrogen and oxygen atoms in total. The van der Waals surface area contributed by atoms with Crippen molar-refractivity contribution in [2.24, 2.45) is 0 Å². The molecule has 0 spiro atoms. The third-order valence-electron chi connectivity index (χ3n) is 6.32. The van der Waals surface area contributed by atoms with Gasteiger partial charge < -0.3 is 4.90 Å². The molecular formula is C24H31ClN4O3S. The van der Waals surface area contributed by atoms with E-state index >= 15 is 0 Å². The fraction of sp³-hybridized carbons (Fsp3) is 0.458. The fourth-order valence-corrected chi connectivity index (χ4v) is 5.98. The SMILES string of the molecule is O=C(CN1CCN(Cc2ccc(Cl)cc2)CC1)N1CCN(S(=O)(=O)Cc2ccccc2)CC1. The lowest BCUT2D eigenvalue weighted by atomic mass is 10.2. The molecule has 1 amide bonds. The highest BCUT2D eigenvalue weighted by atomic mass is 35.5. The van der Waals surface area contributed by atoms with Gasteiger partial charge >= 0.3 is 0 Å². The van der Waals surface area contributed by atoms with Gasteiger partial charge in [0.15, 0.2) is 0 Å². The van der Waals surface area contributed by atoms with Crippen LogP contribution >= 0.6 is 11.6 Å². The Kier molecular flexibility index (Phi) is 8.03. The molecule has 2 heterocycles. The Hall–Kier alpha value is -1.97. The monoisotopic (exact) mass is 490 g/mol. The predicted octanol–water partition coefficient (Wildman–Crippen LogP) is 2.13. The highest BCUT2D eigenvalue weighted by molar-refractivity contribution is 7.88. The van der Waals surface area contributed by atoms with E-state index in [1.807, 2.05) is 42.5 Å². The van der Waals surface area contributed by atoms with E-state index in [0.717, 1.165) is 43.3 Å². The number of carbonyl (C=O) groups excluding carboxylic acids is 1. The normalized spacial score (nSPS) is 19.0. The van der Waals surface area contributed by atoms with Gasteiger partial charge in [-0.15, -0.1) is 0 Å². The lowest BCUT2D eigenvalue weighted by Crippen LogP contribution is -2.54. The van der Waals surface area contributed by atoms with E-state index in [1.165, 1.54) is 9.87 Å². The van der Waals surface area contributed by atoms with E-state index in [2.05, 4.69) is 21.9 Å². The van der Waals surface area contributed by atoms with Gasteiger partial charge in [-0.05, 0) is 23.3 Å². The molecule has 0 atom stereocenters. The molecule has 9 heteroatoms. The maximum Gasteiger partial charge on any atom is 0.236 e. The largest absolute Gasteiger partial charge is 0.339 e. The van der Waals surface area contributed by atoms with Gasteiger partial charge in [-0.2, -0.15) is 4.31 Å². The fourth-order valence-electron chi connectivity index (χ4n) is 4.34. The number of halogens is 1. The molecule has 0 radical (unpaired) electrons. The Balaban J connectivity index is 1.19. The summed E-state index contributed by atoms with van der Waals surface area (Å²) in [6.07, 6.45) is 0. The third kappa shape index (κ3) is 6.77. The van der Waals surface area contributed by atoms with Crippen molar-refractivity contribution in [2.45, 2.75) is 12.3 Å². The van der Waals surface area contributed by atoms with Crippen molar-refractivity contribution in [3.8, 4) is 0 Å². The maximum atomic E-state index is 12.8. The molecule has 2 fully saturated rings. The van der Waals surface area contributed by atoms with Gasteiger partial charge in [0.25, 0.3) is 0 Å². The van der Waals surface area contributed by atoms with Crippen LogP contribution in [0.2, 0.25) is 5.02 Å².